The van der Waals surface area contributed by atoms with E-state index in [1.165, 1.54) is 29.5 Å². The molecule has 0 amide bonds. The lowest BCUT2D eigenvalue weighted by molar-refractivity contribution is 0.215. The Bertz CT molecular complexity index is 388. The van der Waals surface area contributed by atoms with Gasteiger partial charge in [-0.1, -0.05) is 18.2 Å². The summed E-state index contributed by atoms with van der Waals surface area (Å²) in [6.45, 7) is 6.14. The number of nitrogens with two attached hydrogens (primary N) is 1. The standard InChI is InChI=1S/C15H24N2.ClH/c1-11-4-5-13(8-12(11)2)10-17(3)15(9-16)14-6-7-14;/h4-5,8,14-15H,6-7,9-10,16H2,1-3H3;1H. The van der Waals surface area contributed by atoms with Crippen molar-refractivity contribution in [2.24, 2.45) is 11.7 Å². The molecule has 0 aliphatic heterocycles. The molecular formula is C15H25ClN2. The van der Waals surface area contributed by atoms with Crippen LogP contribution in [0.4, 0.5) is 0 Å². The van der Waals surface area contributed by atoms with Crippen LogP contribution < -0.4 is 5.73 Å². The van der Waals surface area contributed by atoms with Gasteiger partial charge in [0.25, 0.3) is 0 Å². The Labute approximate surface area is 117 Å². The van der Waals surface area contributed by atoms with Crippen molar-refractivity contribution in [3.05, 3.63) is 34.9 Å². The molecule has 2 rings (SSSR count). The average molecular weight is 269 g/mol. The normalized spacial score (nSPS) is 16.5. The third-order valence-electron chi connectivity index (χ3n) is 3.98. The van der Waals surface area contributed by atoms with E-state index in [4.69, 9.17) is 5.73 Å². The maximum atomic E-state index is 5.88. The van der Waals surface area contributed by atoms with Crippen LogP contribution in [0.15, 0.2) is 18.2 Å². The molecular weight excluding hydrogens is 244 g/mol. The summed E-state index contributed by atoms with van der Waals surface area (Å²) in [5.74, 6) is 0.844. The number of halogens is 1. The summed E-state index contributed by atoms with van der Waals surface area (Å²) < 4.78 is 0. The van der Waals surface area contributed by atoms with Crippen LogP contribution in [-0.4, -0.2) is 24.5 Å². The number of benzene rings is 1. The Morgan fingerprint density at radius 2 is 1.94 bits per heavy atom. The molecule has 1 aliphatic rings. The fourth-order valence-corrected chi connectivity index (χ4v) is 2.52. The molecule has 0 spiro atoms. The van der Waals surface area contributed by atoms with E-state index in [-0.39, 0.29) is 12.4 Å². The van der Waals surface area contributed by atoms with Crippen LogP contribution in [0.5, 0.6) is 0 Å². The molecule has 1 aliphatic carbocycles. The summed E-state index contributed by atoms with van der Waals surface area (Å²) in [5, 5.41) is 0. The SMILES string of the molecule is Cc1ccc(CN(C)C(CN)C2CC2)cc1C.Cl. The lowest BCUT2D eigenvalue weighted by Crippen LogP contribution is -2.39. The van der Waals surface area contributed by atoms with Gasteiger partial charge in [-0.3, -0.25) is 4.90 Å². The van der Waals surface area contributed by atoms with Crippen LogP contribution >= 0.6 is 12.4 Å². The summed E-state index contributed by atoms with van der Waals surface area (Å²) >= 11 is 0. The first-order valence-electron chi connectivity index (χ1n) is 6.58. The first-order chi connectivity index (χ1) is 8.11. The smallest absolute Gasteiger partial charge is 0.0247 e. The molecule has 1 atom stereocenters. The Balaban J connectivity index is 0.00000162. The van der Waals surface area contributed by atoms with Gasteiger partial charge in [-0.15, -0.1) is 12.4 Å². The molecule has 2 nitrogen and oxygen atoms in total. The van der Waals surface area contributed by atoms with Crippen LogP contribution in [0.25, 0.3) is 0 Å². The maximum Gasteiger partial charge on any atom is 0.0247 e. The first-order valence-corrected chi connectivity index (χ1v) is 6.58. The molecule has 0 heterocycles. The largest absolute Gasteiger partial charge is 0.329 e. The van der Waals surface area contributed by atoms with Gasteiger partial charge in [0, 0.05) is 19.1 Å². The summed E-state index contributed by atoms with van der Waals surface area (Å²) in [6.07, 6.45) is 2.72. The molecule has 0 bridgehead atoms. The number of hydrogen-bond donors (Lipinski definition) is 1. The van der Waals surface area contributed by atoms with Crippen molar-refractivity contribution in [3.8, 4) is 0 Å². The van der Waals surface area contributed by atoms with Crippen molar-refractivity contribution in [2.45, 2.75) is 39.3 Å². The monoisotopic (exact) mass is 268 g/mol. The minimum absolute atomic E-state index is 0. The second-order valence-electron chi connectivity index (χ2n) is 5.47. The molecule has 1 aromatic carbocycles. The number of aryl methyl sites for hydroxylation is 2. The Morgan fingerprint density at radius 3 is 2.44 bits per heavy atom. The number of likely N-dealkylation sites (N-methyl/N-ethyl adjacent to an activating group) is 1. The van der Waals surface area contributed by atoms with Gasteiger partial charge in [-0.2, -0.15) is 0 Å². The van der Waals surface area contributed by atoms with E-state index in [0.717, 1.165) is 19.0 Å². The van der Waals surface area contributed by atoms with E-state index in [1.54, 1.807) is 0 Å². The summed E-state index contributed by atoms with van der Waals surface area (Å²) in [5.41, 5.74) is 10.0. The lowest BCUT2D eigenvalue weighted by atomic mass is 10.0. The third-order valence-corrected chi connectivity index (χ3v) is 3.98. The molecule has 1 saturated carbocycles. The molecule has 2 N–H and O–H groups in total. The third kappa shape index (κ3) is 3.71. The molecule has 0 saturated heterocycles. The van der Waals surface area contributed by atoms with Gasteiger partial charge in [0.2, 0.25) is 0 Å². The van der Waals surface area contributed by atoms with Crippen molar-refractivity contribution in [3.63, 3.8) is 0 Å². The number of hydrogen-bond acceptors (Lipinski definition) is 2. The van der Waals surface area contributed by atoms with Crippen molar-refractivity contribution >= 4 is 12.4 Å². The number of rotatable bonds is 5. The van der Waals surface area contributed by atoms with Crippen LogP contribution in [0.3, 0.4) is 0 Å². The van der Waals surface area contributed by atoms with Crippen LogP contribution in [0.2, 0.25) is 0 Å². The highest BCUT2D eigenvalue weighted by molar-refractivity contribution is 5.85. The molecule has 1 unspecified atom stereocenters. The highest BCUT2D eigenvalue weighted by Gasteiger charge is 2.32. The highest BCUT2D eigenvalue weighted by Crippen LogP contribution is 2.34. The summed E-state index contributed by atoms with van der Waals surface area (Å²) in [7, 11) is 2.20. The molecule has 0 aromatic heterocycles. The van der Waals surface area contributed by atoms with E-state index in [9.17, 15) is 0 Å². The molecule has 18 heavy (non-hydrogen) atoms. The van der Waals surface area contributed by atoms with Crippen molar-refractivity contribution < 1.29 is 0 Å². The second kappa shape index (κ2) is 6.55. The molecule has 1 aromatic rings. The quantitative estimate of drug-likeness (QED) is 0.890. The fourth-order valence-electron chi connectivity index (χ4n) is 2.52. The fraction of sp³-hybridized carbons (Fsp3) is 0.600. The van der Waals surface area contributed by atoms with Crippen LogP contribution in [-0.2, 0) is 6.54 Å². The molecule has 0 radical (unpaired) electrons. The van der Waals surface area contributed by atoms with E-state index >= 15 is 0 Å². The van der Waals surface area contributed by atoms with Crippen LogP contribution in [0, 0.1) is 19.8 Å². The Morgan fingerprint density at radius 1 is 1.28 bits per heavy atom. The van der Waals surface area contributed by atoms with Gasteiger partial charge in [-0.25, -0.2) is 0 Å². The zero-order valence-corrected chi connectivity index (χ0v) is 12.5. The van der Waals surface area contributed by atoms with Crippen molar-refractivity contribution in [1.29, 1.82) is 0 Å². The molecule has 102 valence electrons. The van der Waals surface area contributed by atoms with E-state index in [0.29, 0.717) is 6.04 Å². The van der Waals surface area contributed by atoms with Gasteiger partial charge in [-0.05, 0) is 56.3 Å². The van der Waals surface area contributed by atoms with Gasteiger partial charge < -0.3 is 5.73 Å². The summed E-state index contributed by atoms with van der Waals surface area (Å²) in [6, 6.07) is 7.32. The first kappa shape index (κ1) is 15.5. The van der Waals surface area contributed by atoms with E-state index in [1.807, 2.05) is 0 Å². The minimum atomic E-state index is 0. The second-order valence-corrected chi connectivity index (χ2v) is 5.47. The minimum Gasteiger partial charge on any atom is -0.329 e. The van der Waals surface area contributed by atoms with Crippen LogP contribution in [0.1, 0.15) is 29.5 Å². The molecule has 3 heteroatoms. The topological polar surface area (TPSA) is 29.3 Å². The zero-order valence-electron chi connectivity index (χ0n) is 11.6. The maximum absolute atomic E-state index is 5.88. The Hall–Kier alpha value is -0.570. The predicted molar refractivity (Wildman–Crippen MR) is 80.2 cm³/mol. The zero-order chi connectivity index (χ0) is 12.4. The highest BCUT2D eigenvalue weighted by atomic mass is 35.5. The average Bonchev–Trinajstić information content (AvgIpc) is 3.09. The van der Waals surface area contributed by atoms with Gasteiger partial charge >= 0.3 is 0 Å². The van der Waals surface area contributed by atoms with E-state index in [2.05, 4.69) is 44.0 Å². The Kier molecular flexibility index (Phi) is 5.64. The van der Waals surface area contributed by atoms with Crippen molar-refractivity contribution in [2.75, 3.05) is 13.6 Å². The van der Waals surface area contributed by atoms with Crippen molar-refractivity contribution in [1.82, 2.24) is 4.90 Å². The van der Waals surface area contributed by atoms with Gasteiger partial charge in [0.1, 0.15) is 0 Å². The lowest BCUT2D eigenvalue weighted by Gasteiger charge is -2.27. The van der Waals surface area contributed by atoms with E-state index < -0.39 is 0 Å². The molecule has 1 fully saturated rings. The van der Waals surface area contributed by atoms with Gasteiger partial charge in [0.15, 0.2) is 0 Å². The van der Waals surface area contributed by atoms with Gasteiger partial charge in [0.05, 0.1) is 0 Å². The number of nitrogens with zero attached hydrogens (tertiary/aromatic N) is 1. The summed E-state index contributed by atoms with van der Waals surface area (Å²) in [4.78, 5) is 2.42. The predicted octanol–water partition coefficient (Wildman–Crippen LogP) is 2.89.